The Morgan fingerprint density at radius 1 is 1.03 bits per heavy atom. The highest BCUT2D eigenvalue weighted by Crippen LogP contribution is 2.43. The second kappa shape index (κ2) is 6.74. The maximum absolute atomic E-state index is 12.6. The number of aromatic amines is 1. The van der Waals surface area contributed by atoms with E-state index in [1.165, 1.54) is 23.9 Å². The third kappa shape index (κ3) is 3.04. The average molecular weight is 411 g/mol. The highest BCUT2D eigenvalue weighted by Gasteiger charge is 2.27. The van der Waals surface area contributed by atoms with Crippen molar-refractivity contribution in [1.29, 1.82) is 0 Å². The fraction of sp³-hybridized carbons (Fsp3) is 0.130. The van der Waals surface area contributed by atoms with E-state index in [4.69, 9.17) is 9.97 Å². The minimum Gasteiger partial charge on any atom is -0.361 e. The molecule has 6 rings (SSSR count). The van der Waals surface area contributed by atoms with Crippen molar-refractivity contribution in [1.82, 2.24) is 19.9 Å². The Morgan fingerprint density at radius 2 is 1.97 bits per heavy atom. The molecule has 1 saturated carbocycles. The molecule has 2 N–H and O–H groups in total. The molecule has 0 unspecified atom stereocenters. The van der Waals surface area contributed by atoms with Crippen molar-refractivity contribution in [2.75, 3.05) is 5.32 Å². The van der Waals surface area contributed by atoms with E-state index in [1.807, 2.05) is 36.4 Å². The monoisotopic (exact) mass is 411 g/mol. The van der Waals surface area contributed by atoms with Crippen LogP contribution in [0.25, 0.3) is 32.5 Å². The molecule has 1 aromatic carbocycles. The molecule has 0 radical (unpaired) electrons. The third-order valence-electron chi connectivity index (χ3n) is 5.26. The molecular formula is C23H17N5OS. The summed E-state index contributed by atoms with van der Waals surface area (Å²) in [4.78, 5) is 29.7. The molecular weight excluding hydrogens is 394 g/mol. The van der Waals surface area contributed by atoms with E-state index in [-0.39, 0.29) is 5.43 Å². The first kappa shape index (κ1) is 17.3. The van der Waals surface area contributed by atoms with E-state index >= 15 is 0 Å². The van der Waals surface area contributed by atoms with Crippen molar-refractivity contribution in [2.45, 2.75) is 18.8 Å². The lowest BCUT2D eigenvalue weighted by molar-refractivity contribution is 1.10. The first-order valence-electron chi connectivity index (χ1n) is 9.86. The van der Waals surface area contributed by atoms with Gasteiger partial charge in [0.15, 0.2) is 5.43 Å². The molecule has 1 aliphatic carbocycles. The molecule has 146 valence electrons. The van der Waals surface area contributed by atoms with Crippen LogP contribution in [0.5, 0.6) is 0 Å². The molecule has 0 atom stereocenters. The molecule has 1 aliphatic rings. The Hall–Kier alpha value is -3.58. The van der Waals surface area contributed by atoms with Crippen LogP contribution in [0.4, 0.5) is 11.5 Å². The molecule has 1 fully saturated rings. The van der Waals surface area contributed by atoms with Crippen molar-refractivity contribution < 1.29 is 0 Å². The largest absolute Gasteiger partial charge is 0.361 e. The molecule has 7 heteroatoms. The van der Waals surface area contributed by atoms with Crippen molar-refractivity contribution in [3.05, 3.63) is 76.2 Å². The number of thiazole rings is 1. The highest BCUT2D eigenvalue weighted by molar-refractivity contribution is 7.18. The predicted molar refractivity (Wildman–Crippen MR) is 120 cm³/mol. The van der Waals surface area contributed by atoms with E-state index in [0.717, 1.165) is 27.1 Å². The summed E-state index contributed by atoms with van der Waals surface area (Å²) in [6.07, 6.45) is 5.87. The molecule has 5 aromatic rings. The van der Waals surface area contributed by atoms with Crippen molar-refractivity contribution >= 4 is 44.0 Å². The van der Waals surface area contributed by atoms with Crippen LogP contribution in [0.3, 0.4) is 0 Å². The first-order chi connectivity index (χ1) is 14.7. The maximum atomic E-state index is 12.6. The number of nitrogens with zero attached hydrogens (tertiary/aromatic N) is 3. The summed E-state index contributed by atoms with van der Waals surface area (Å²) in [5.41, 5.74) is 3.98. The van der Waals surface area contributed by atoms with Crippen LogP contribution in [0.15, 0.2) is 65.7 Å². The summed E-state index contributed by atoms with van der Waals surface area (Å²) < 4.78 is 1.14. The summed E-state index contributed by atoms with van der Waals surface area (Å²) in [6, 6.07) is 15.2. The van der Waals surface area contributed by atoms with E-state index in [1.54, 1.807) is 23.7 Å². The van der Waals surface area contributed by atoms with E-state index in [2.05, 4.69) is 21.4 Å². The zero-order chi connectivity index (χ0) is 20.1. The van der Waals surface area contributed by atoms with Gasteiger partial charge in [0.1, 0.15) is 5.82 Å². The zero-order valence-corrected chi connectivity index (χ0v) is 16.7. The molecule has 0 spiro atoms. The summed E-state index contributed by atoms with van der Waals surface area (Å²) in [5, 5.41) is 5.11. The van der Waals surface area contributed by atoms with Crippen LogP contribution in [0.1, 0.15) is 23.8 Å². The molecule has 0 amide bonds. The van der Waals surface area contributed by atoms with Crippen LogP contribution in [0.2, 0.25) is 0 Å². The minimum atomic E-state index is -0.0822. The summed E-state index contributed by atoms with van der Waals surface area (Å²) in [7, 11) is 0. The normalized spacial score (nSPS) is 13.7. The smallest absolute Gasteiger partial charge is 0.193 e. The highest BCUT2D eigenvalue weighted by atomic mass is 32.1. The number of anilines is 2. The van der Waals surface area contributed by atoms with Crippen molar-refractivity contribution in [3.8, 4) is 11.4 Å². The number of hydrogen-bond acceptors (Lipinski definition) is 6. The number of pyridine rings is 3. The van der Waals surface area contributed by atoms with Gasteiger partial charge in [0.25, 0.3) is 0 Å². The quantitative estimate of drug-likeness (QED) is 0.424. The van der Waals surface area contributed by atoms with Gasteiger partial charge in [-0.05, 0) is 49.2 Å². The summed E-state index contributed by atoms with van der Waals surface area (Å²) in [6.45, 7) is 0. The Labute approximate surface area is 175 Å². The van der Waals surface area contributed by atoms with Gasteiger partial charge < -0.3 is 10.3 Å². The Bertz CT molecular complexity index is 1450. The van der Waals surface area contributed by atoms with Crippen LogP contribution in [-0.4, -0.2) is 19.9 Å². The molecule has 0 aliphatic heterocycles. The van der Waals surface area contributed by atoms with Gasteiger partial charge >= 0.3 is 0 Å². The van der Waals surface area contributed by atoms with Gasteiger partial charge in [-0.2, -0.15) is 0 Å². The van der Waals surface area contributed by atoms with Crippen LogP contribution in [-0.2, 0) is 0 Å². The number of nitrogens with one attached hydrogen (secondary N) is 2. The molecule has 30 heavy (non-hydrogen) atoms. The van der Waals surface area contributed by atoms with Crippen molar-refractivity contribution in [3.63, 3.8) is 0 Å². The second-order valence-corrected chi connectivity index (χ2v) is 8.53. The molecule has 0 bridgehead atoms. The third-order valence-corrected chi connectivity index (χ3v) is 6.44. The molecule has 6 nitrogen and oxygen atoms in total. The van der Waals surface area contributed by atoms with Gasteiger partial charge in [0.2, 0.25) is 0 Å². The fourth-order valence-electron chi connectivity index (χ4n) is 3.60. The topological polar surface area (TPSA) is 83.6 Å². The van der Waals surface area contributed by atoms with E-state index < -0.39 is 0 Å². The van der Waals surface area contributed by atoms with Gasteiger partial charge in [0, 0.05) is 30.1 Å². The lowest BCUT2D eigenvalue weighted by atomic mass is 10.1. The minimum absolute atomic E-state index is 0.0822. The lowest BCUT2D eigenvalue weighted by Crippen LogP contribution is -2.07. The van der Waals surface area contributed by atoms with Gasteiger partial charge in [-0.1, -0.05) is 6.07 Å². The summed E-state index contributed by atoms with van der Waals surface area (Å²) >= 11 is 1.75. The van der Waals surface area contributed by atoms with Gasteiger partial charge in [-0.3, -0.25) is 9.78 Å². The number of hydrogen-bond donors (Lipinski definition) is 2. The Kier molecular flexibility index (Phi) is 3.89. The number of benzene rings is 1. The first-order valence-corrected chi connectivity index (χ1v) is 10.7. The van der Waals surface area contributed by atoms with Gasteiger partial charge in [-0.15, -0.1) is 11.3 Å². The number of aromatic nitrogens is 4. The van der Waals surface area contributed by atoms with Crippen molar-refractivity contribution in [2.24, 2.45) is 0 Å². The number of H-pyrrole nitrogens is 1. The molecule has 0 saturated heterocycles. The average Bonchev–Trinajstić information content (AvgIpc) is 3.53. The number of fused-ring (bicyclic) bond motifs is 2. The van der Waals surface area contributed by atoms with Crippen LogP contribution < -0.4 is 10.7 Å². The van der Waals surface area contributed by atoms with Crippen LogP contribution in [0, 0.1) is 0 Å². The van der Waals surface area contributed by atoms with Gasteiger partial charge in [0.05, 0.1) is 37.5 Å². The van der Waals surface area contributed by atoms with Gasteiger partial charge in [-0.25, -0.2) is 9.97 Å². The fourth-order valence-corrected chi connectivity index (χ4v) is 4.77. The van der Waals surface area contributed by atoms with E-state index in [0.29, 0.717) is 22.8 Å². The predicted octanol–water partition coefficient (Wildman–Crippen LogP) is 5.22. The summed E-state index contributed by atoms with van der Waals surface area (Å²) in [5.74, 6) is 1.15. The van der Waals surface area contributed by atoms with E-state index in [9.17, 15) is 4.79 Å². The molecule has 4 heterocycles. The zero-order valence-electron chi connectivity index (χ0n) is 15.9. The SMILES string of the molecule is O=c1cc[nH]c2cc(-c3ccccn3)nc(Nc3ccc4nc(C5CC5)sc4c3)c12. The number of rotatable bonds is 4. The maximum Gasteiger partial charge on any atom is 0.193 e. The lowest BCUT2D eigenvalue weighted by Gasteiger charge is -2.11. The molecule has 4 aromatic heterocycles. The second-order valence-electron chi connectivity index (χ2n) is 7.47. The Balaban J connectivity index is 1.47. The standard InChI is InChI=1S/C23H17N5OS/c29-19-8-10-25-18-12-17(15-3-1-2-9-24-15)27-22(21(18)19)26-14-6-7-16-20(11-14)30-23(28-16)13-4-5-13/h1-3,6-13H,4-5H2,(H,25,29)(H,26,27). The Morgan fingerprint density at radius 3 is 2.80 bits per heavy atom. The van der Waals surface area contributed by atoms with Crippen LogP contribution >= 0.6 is 11.3 Å².